The molecule has 1 fully saturated rings. The minimum absolute atomic E-state index is 0.0355. The molecule has 0 aromatic heterocycles. The Hall–Kier alpha value is -0.420. The Kier molecular flexibility index (Phi) is 2.29. The smallest absolute Gasteiger partial charge is 0.139 e. The standard InChI is InChI=1S/C7H12O4/c1-2-7(10)5(9)4-11-6(7)3-8/h2,5-6,8-10H,1,3-4H2. The van der Waals surface area contributed by atoms with Crippen molar-refractivity contribution < 1.29 is 20.1 Å². The summed E-state index contributed by atoms with van der Waals surface area (Å²) in [5, 5.41) is 27.5. The van der Waals surface area contributed by atoms with Gasteiger partial charge in [-0.3, -0.25) is 0 Å². The zero-order valence-corrected chi connectivity index (χ0v) is 6.10. The number of rotatable bonds is 2. The Morgan fingerprint density at radius 1 is 1.73 bits per heavy atom. The van der Waals surface area contributed by atoms with Gasteiger partial charge in [-0.1, -0.05) is 6.08 Å². The van der Waals surface area contributed by atoms with E-state index in [1.54, 1.807) is 0 Å². The highest BCUT2D eigenvalue weighted by molar-refractivity contribution is 5.09. The molecule has 0 bridgehead atoms. The molecule has 0 saturated carbocycles. The van der Waals surface area contributed by atoms with E-state index in [9.17, 15) is 10.2 Å². The van der Waals surface area contributed by atoms with Crippen LogP contribution in [-0.2, 0) is 4.74 Å². The number of aliphatic hydroxyl groups excluding tert-OH is 2. The van der Waals surface area contributed by atoms with Gasteiger partial charge in [-0.15, -0.1) is 6.58 Å². The van der Waals surface area contributed by atoms with Gasteiger partial charge in [0, 0.05) is 0 Å². The summed E-state index contributed by atoms with van der Waals surface area (Å²) >= 11 is 0. The number of aliphatic hydroxyl groups is 3. The highest BCUT2D eigenvalue weighted by Gasteiger charge is 2.47. The third-order valence-electron chi connectivity index (χ3n) is 2.00. The summed E-state index contributed by atoms with van der Waals surface area (Å²) in [6.45, 7) is 3.08. The van der Waals surface area contributed by atoms with Crippen molar-refractivity contribution in [3.05, 3.63) is 12.7 Å². The van der Waals surface area contributed by atoms with Crippen molar-refractivity contribution in [1.82, 2.24) is 0 Å². The van der Waals surface area contributed by atoms with Crippen LogP contribution in [0.1, 0.15) is 0 Å². The van der Waals surface area contributed by atoms with Crippen LogP contribution in [0.15, 0.2) is 12.7 Å². The third kappa shape index (κ3) is 1.18. The maximum absolute atomic E-state index is 9.58. The predicted octanol–water partition coefficient (Wildman–Crippen LogP) is -1.34. The van der Waals surface area contributed by atoms with Crippen LogP contribution in [0.5, 0.6) is 0 Å². The molecule has 3 N–H and O–H groups in total. The number of ether oxygens (including phenoxy) is 1. The van der Waals surface area contributed by atoms with Crippen molar-refractivity contribution in [1.29, 1.82) is 0 Å². The van der Waals surface area contributed by atoms with Gasteiger partial charge < -0.3 is 20.1 Å². The first-order chi connectivity index (χ1) is 5.15. The van der Waals surface area contributed by atoms with Crippen LogP contribution in [0.25, 0.3) is 0 Å². The molecule has 1 saturated heterocycles. The van der Waals surface area contributed by atoms with E-state index >= 15 is 0 Å². The second-order valence-electron chi connectivity index (χ2n) is 2.61. The summed E-state index contributed by atoms with van der Waals surface area (Å²) < 4.78 is 4.90. The Morgan fingerprint density at radius 3 is 2.73 bits per heavy atom. The molecule has 1 aliphatic heterocycles. The van der Waals surface area contributed by atoms with E-state index in [1.807, 2.05) is 0 Å². The van der Waals surface area contributed by atoms with E-state index in [2.05, 4.69) is 6.58 Å². The molecule has 1 rings (SSSR count). The molecule has 1 heterocycles. The average Bonchev–Trinajstić information content (AvgIpc) is 2.30. The van der Waals surface area contributed by atoms with Gasteiger partial charge in [-0.05, 0) is 0 Å². The summed E-state index contributed by atoms with van der Waals surface area (Å²) in [7, 11) is 0. The molecule has 3 atom stereocenters. The molecule has 0 spiro atoms. The van der Waals surface area contributed by atoms with Crippen LogP contribution < -0.4 is 0 Å². The Morgan fingerprint density at radius 2 is 2.36 bits per heavy atom. The summed E-state index contributed by atoms with van der Waals surface area (Å²) in [6, 6.07) is 0. The molecule has 0 aromatic rings. The Labute approximate surface area is 64.7 Å². The van der Waals surface area contributed by atoms with Gasteiger partial charge in [0.05, 0.1) is 13.2 Å². The third-order valence-corrected chi connectivity index (χ3v) is 2.00. The molecule has 0 radical (unpaired) electrons. The van der Waals surface area contributed by atoms with Gasteiger partial charge in [-0.25, -0.2) is 0 Å². The minimum Gasteiger partial charge on any atom is -0.394 e. The fourth-order valence-electron chi connectivity index (χ4n) is 1.16. The first kappa shape index (κ1) is 8.67. The lowest BCUT2D eigenvalue weighted by molar-refractivity contribution is -0.0580. The molecule has 0 aromatic carbocycles. The molecular formula is C7H12O4. The lowest BCUT2D eigenvalue weighted by Crippen LogP contribution is -2.46. The normalized spacial score (nSPS) is 44.3. The van der Waals surface area contributed by atoms with Gasteiger partial charge in [0.25, 0.3) is 0 Å². The summed E-state index contributed by atoms with van der Waals surface area (Å²) in [5.74, 6) is 0. The van der Waals surface area contributed by atoms with Crippen molar-refractivity contribution in [2.45, 2.75) is 17.8 Å². The summed E-state index contributed by atoms with van der Waals surface area (Å²) in [6.07, 6.45) is -0.543. The quantitative estimate of drug-likeness (QED) is 0.437. The van der Waals surface area contributed by atoms with Gasteiger partial charge in [0.1, 0.15) is 17.8 Å². The lowest BCUT2D eigenvalue weighted by Gasteiger charge is -2.25. The van der Waals surface area contributed by atoms with Crippen molar-refractivity contribution in [2.24, 2.45) is 0 Å². The molecule has 3 unspecified atom stereocenters. The van der Waals surface area contributed by atoms with Crippen molar-refractivity contribution in [2.75, 3.05) is 13.2 Å². The molecule has 4 heteroatoms. The fraction of sp³-hybridized carbons (Fsp3) is 0.714. The Balaban J connectivity index is 2.78. The van der Waals surface area contributed by atoms with Crippen LogP contribution in [0.3, 0.4) is 0 Å². The van der Waals surface area contributed by atoms with Gasteiger partial charge >= 0.3 is 0 Å². The average molecular weight is 160 g/mol. The SMILES string of the molecule is C=CC1(O)C(O)COC1CO. The highest BCUT2D eigenvalue weighted by atomic mass is 16.5. The first-order valence-corrected chi connectivity index (χ1v) is 3.41. The second kappa shape index (κ2) is 2.91. The number of hydrogen-bond donors (Lipinski definition) is 3. The zero-order chi connectivity index (χ0) is 8.48. The maximum Gasteiger partial charge on any atom is 0.139 e. The molecule has 11 heavy (non-hydrogen) atoms. The van der Waals surface area contributed by atoms with E-state index in [4.69, 9.17) is 9.84 Å². The molecule has 1 aliphatic rings. The van der Waals surface area contributed by atoms with Crippen LogP contribution in [0.4, 0.5) is 0 Å². The largest absolute Gasteiger partial charge is 0.394 e. The fourth-order valence-corrected chi connectivity index (χ4v) is 1.16. The van der Waals surface area contributed by atoms with Gasteiger partial charge in [0.2, 0.25) is 0 Å². The minimum atomic E-state index is -1.49. The topological polar surface area (TPSA) is 69.9 Å². The lowest BCUT2D eigenvalue weighted by atomic mass is 9.94. The van der Waals surface area contributed by atoms with Crippen molar-refractivity contribution in [3.63, 3.8) is 0 Å². The van der Waals surface area contributed by atoms with Crippen LogP contribution in [-0.4, -0.2) is 46.3 Å². The molecular weight excluding hydrogens is 148 g/mol. The van der Waals surface area contributed by atoms with E-state index < -0.39 is 17.8 Å². The van der Waals surface area contributed by atoms with Crippen molar-refractivity contribution in [3.8, 4) is 0 Å². The molecule has 0 aliphatic carbocycles. The van der Waals surface area contributed by atoms with E-state index in [0.717, 1.165) is 0 Å². The predicted molar refractivity (Wildman–Crippen MR) is 38.0 cm³/mol. The zero-order valence-electron chi connectivity index (χ0n) is 6.10. The molecule has 64 valence electrons. The van der Waals surface area contributed by atoms with E-state index in [-0.39, 0.29) is 13.2 Å². The number of hydrogen-bond acceptors (Lipinski definition) is 4. The van der Waals surface area contributed by atoms with Crippen LogP contribution in [0.2, 0.25) is 0 Å². The van der Waals surface area contributed by atoms with E-state index in [1.165, 1.54) is 6.08 Å². The second-order valence-corrected chi connectivity index (χ2v) is 2.61. The summed E-state index contributed by atoms with van der Waals surface area (Å²) in [4.78, 5) is 0. The Bertz CT molecular complexity index is 159. The van der Waals surface area contributed by atoms with Gasteiger partial charge in [-0.2, -0.15) is 0 Å². The van der Waals surface area contributed by atoms with Crippen LogP contribution in [0, 0.1) is 0 Å². The molecule has 4 nitrogen and oxygen atoms in total. The van der Waals surface area contributed by atoms with E-state index in [0.29, 0.717) is 0 Å². The summed E-state index contributed by atoms with van der Waals surface area (Å²) in [5.41, 5.74) is -1.49. The van der Waals surface area contributed by atoms with Gasteiger partial charge in [0.15, 0.2) is 0 Å². The van der Waals surface area contributed by atoms with Crippen LogP contribution >= 0.6 is 0 Å². The first-order valence-electron chi connectivity index (χ1n) is 3.41. The highest BCUT2D eigenvalue weighted by Crippen LogP contribution is 2.26. The maximum atomic E-state index is 9.58. The molecule has 0 amide bonds. The van der Waals surface area contributed by atoms with Crippen molar-refractivity contribution >= 4 is 0 Å². The monoisotopic (exact) mass is 160 g/mol.